The summed E-state index contributed by atoms with van der Waals surface area (Å²) in [6.07, 6.45) is 5.12. The number of ether oxygens (including phenoxy) is 1. The smallest absolute Gasteiger partial charge is 0.160 e. The van der Waals surface area contributed by atoms with Gasteiger partial charge in [-0.2, -0.15) is 0 Å². The van der Waals surface area contributed by atoms with Crippen LogP contribution >= 0.6 is 11.6 Å². The van der Waals surface area contributed by atoms with Crippen LogP contribution in [-0.4, -0.2) is 21.6 Å². The third-order valence-corrected chi connectivity index (χ3v) is 3.97. The zero-order valence-corrected chi connectivity index (χ0v) is 15.7. The quantitative estimate of drug-likeness (QED) is 0.481. The lowest BCUT2D eigenvalue weighted by Crippen LogP contribution is -2.05. The average Bonchev–Trinajstić information content (AvgIpc) is 2.68. The maximum absolute atomic E-state index is 6.19. The molecule has 8 heteroatoms. The predicted octanol–water partition coefficient (Wildman–Crippen LogP) is 4.77. The Bertz CT molecular complexity index is 870. The van der Waals surface area contributed by atoms with Crippen molar-refractivity contribution < 1.29 is 4.74 Å². The summed E-state index contributed by atoms with van der Waals surface area (Å²) in [6, 6.07) is 11.1. The molecule has 3 rings (SSSR count). The summed E-state index contributed by atoms with van der Waals surface area (Å²) in [7, 11) is 0. The van der Waals surface area contributed by atoms with Crippen LogP contribution in [0.3, 0.4) is 0 Å². The third kappa shape index (κ3) is 5.21. The van der Waals surface area contributed by atoms with Gasteiger partial charge < -0.3 is 21.1 Å². The zero-order valence-electron chi connectivity index (χ0n) is 14.9. The number of aromatic nitrogens is 3. The van der Waals surface area contributed by atoms with Crippen molar-refractivity contribution in [2.45, 2.75) is 19.8 Å². The van der Waals surface area contributed by atoms with Gasteiger partial charge in [0.15, 0.2) is 11.6 Å². The molecule has 0 radical (unpaired) electrons. The first-order valence-electron chi connectivity index (χ1n) is 8.64. The maximum atomic E-state index is 6.19. The summed E-state index contributed by atoms with van der Waals surface area (Å²) in [5, 5.41) is 6.80. The highest BCUT2D eigenvalue weighted by Gasteiger charge is 2.09. The molecular weight excluding hydrogens is 364 g/mol. The van der Waals surface area contributed by atoms with Crippen LogP contribution < -0.4 is 21.1 Å². The highest BCUT2D eigenvalue weighted by molar-refractivity contribution is 6.30. The Balaban J connectivity index is 1.69. The molecule has 4 N–H and O–H groups in total. The number of halogens is 1. The second-order valence-electron chi connectivity index (χ2n) is 5.82. The van der Waals surface area contributed by atoms with Gasteiger partial charge in [-0.1, -0.05) is 24.9 Å². The molecule has 0 bridgehead atoms. The fourth-order valence-corrected chi connectivity index (χ4v) is 2.38. The lowest BCUT2D eigenvalue weighted by Gasteiger charge is -2.12. The lowest BCUT2D eigenvalue weighted by molar-refractivity contribution is 0.309. The van der Waals surface area contributed by atoms with E-state index in [0.29, 0.717) is 28.2 Å². The first kappa shape index (κ1) is 18.7. The van der Waals surface area contributed by atoms with Crippen molar-refractivity contribution >= 4 is 40.4 Å². The van der Waals surface area contributed by atoms with E-state index >= 15 is 0 Å². The van der Waals surface area contributed by atoms with Crippen molar-refractivity contribution in [2.75, 3.05) is 23.0 Å². The van der Waals surface area contributed by atoms with E-state index < -0.39 is 0 Å². The molecule has 7 nitrogen and oxygen atoms in total. The highest BCUT2D eigenvalue weighted by atomic mass is 35.5. The van der Waals surface area contributed by atoms with E-state index in [-0.39, 0.29) is 0 Å². The fourth-order valence-electron chi connectivity index (χ4n) is 2.27. The largest absolute Gasteiger partial charge is 0.494 e. The monoisotopic (exact) mass is 384 g/mol. The minimum absolute atomic E-state index is 0.387. The average molecular weight is 385 g/mol. The Kier molecular flexibility index (Phi) is 6.27. The second-order valence-corrected chi connectivity index (χ2v) is 6.26. The first-order valence-corrected chi connectivity index (χ1v) is 9.02. The molecule has 27 heavy (non-hydrogen) atoms. The minimum Gasteiger partial charge on any atom is -0.494 e. The molecule has 0 saturated carbocycles. The summed E-state index contributed by atoms with van der Waals surface area (Å²) in [6.45, 7) is 2.85. The van der Waals surface area contributed by atoms with Crippen LogP contribution in [0.4, 0.5) is 28.8 Å². The normalized spacial score (nSPS) is 10.4. The molecular formula is C19H21ClN6O. The first-order chi connectivity index (χ1) is 13.2. The molecule has 0 aliphatic heterocycles. The Morgan fingerprint density at radius 1 is 1.00 bits per heavy atom. The van der Waals surface area contributed by atoms with E-state index in [1.807, 2.05) is 24.3 Å². The van der Waals surface area contributed by atoms with Crippen molar-refractivity contribution in [3.63, 3.8) is 0 Å². The molecule has 0 amide bonds. The molecule has 2 aromatic heterocycles. The molecule has 140 valence electrons. The Morgan fingerprint density at radius 3 is 2.41 bits per heavy atom. The zero-order chi connectivity index (χ0) is 19.1. The second kappa shape index (κ2) is 9.05. The fraction of sp³-hybridized carbons (Fsp3) is 0.211. The summed E-state index contributed by atoms with van der Waals surface area (Å²) in [5.41, 5.74) is 7.42. The minimum atomic E-state index is 0.387. The van der Waals surface area contributed by atoms with E-state index in [9.17, 15) is 0 Å². The van der Waals surface area contributed by atoms with E-state index in [1.54, 1.807) is 18.3 Å². The molecule has 0 aliphatic rings. The van der Waals surface area contributed by atoms with Crippen LogP contribution in [0.25, 0.3) is 0 Å². The van der Waals surface area contributed by atoms with Crippen LogP contribution in [-0.2, 0) is 0 Å². The lowest BCUT2D eigenvalue weighted by atomic mass is 10.3. The Hall–Kier alpha value is -3.06. The topological polar surface area (TPSA) is 98.0 Å². The van der Waals surface area contributed by atoms with Crippen LogP contribution in [0, 0.1) is 0 Å². The van der Waals surface area contributed by atoms with Crippen molar-refractivity contribution in [3.8, 4) is 5.75 Å². The number of nitrogen functional groups attached to an aromatic ring is 1. The summed E-state index contributed by atoms with van der Waals surface area (Å²) < 4.78 is 5.66. The van der Waals surface area contributed by atoms with Crippen molar-refractivity contribution in [3.05, 3.63) is 53.9 Å². The van der Waals surface area contributed by atoms with Crippen LogP contribution in [0.5, 0.6) is 5.75 Å². The Morgan fingerprint density at radius 2 is 1.74 bits per heavy atom. The van der Waals surface area contributed by atoms with Crippen molar-refractivity contribution in [1.29, 1.82) is 0 Å². The predicted molar refractivity (Wildman–Crippen MR) is 109 cm³/mol. The number of nitrogens with zero attached hydrogens (tertiary/aromatic N) is 3. The number of nitrogens with two attached hydrogens (primary N) is 1. The molecule has 0 saturated heterocycles. The molecule has 0 unspecified atom stereocenters. The molecule has 1 aromatic carbocycles. The van der Waals surface area contributed by atoms with Crippen LogP contribution in [0.15, 0.2) is 48.9 Å². The third-order valence-electron chi connectivity index (χ3n) is 3.74. The van der Waals surface area contributed by atoms with E-state index in [4.69, 9.17) is 22.1 Å². The molecule has 0 atom stereocenters. The van der Waals surface area contributed by atoms with Crippen LogP contribution in [0.2, 0.25) is 5.02 Å². The molecule has 0 fully saturated rings. The van der Waals surface area contributed by atoms with Gasteiger partial charge in [0.25, 0.3) is 0 Å². The molecule has 0 spiro atoms. The van der Waals surface area contributed by atoms with Crippen molar-refractivity contribution in [1.82, 2.24) is 15.0 Å². The Labute approximate surface area is 163 Å². The summed E-state index contributed by atoms with van der Waals surface area (Å²) in [4.78, 5) is 12.6. The number of pyridine rings is 1. The molecule has 0 aliphatic carbocycles. The van der Waals surface area contributed by atoms with Crippen LogP contribution in [0.1, 0.15) is 19.8 Å². The number of rotatable bonds is 8. The molecule has 3 aromatic rings. The van der Waals surface area contributed by atoms with Gasteiger partial charge in [0, 0.05) is 11.9 Å². The van der Waals surface area contributed by atoms with Gasteiger partial charge in [-0.25, -0.2) is 15.0 Å². The summed E-state index contributed by atoms with van der Waals surface area (Å²) in [5.74, 6) is 2.38. The van der Waals surface area contributed by atoms with Gasteiger partial charge in [0.2, 0.25) is 0 Å². The van der Waals surface area contributed by atoms with Gasteiger partial charge in [-0.3, -0.25) is 0 Å². The number of benzene rings is 1. The van der Waals surface area contributed by atoms with Gasteiger partial charge in [0.05, 0.1) is 11.6 Å². The number of unbranched alkanes of at least 4 members (excludes halogenated alkanes) is 1. The number of anilines is 5. The number of nitrogens with one attached hydrogen (secondary N) is 2. The highest BCUT2D eigenvalue weighted by Crippen LogP contribution is 2.28. The molecule has 2 heterocycles. The SMILES string of the molecule is CCCCOc1ccc(Nc2ncnc(Nc3ccc(Cl)cn3)c2N)cc1. The maximum Gasteiger partial charge on any atom is 0.160 e. The van der Waals surface area contributed by atoms with Crippen molar-refractivity contribution in [2.24, 2.45) is 0 Å². The van der Waals surface area contributed by atoms with E-state index in [2.05, 4.69) is 32.5 Å². The van der Waals surface area contributed by atoms with Gasteiger partial charge in [-0.05, 0) is 42.8 Å². The van der Waals surface area contributed by atoms with Gasteiger partial charge in [0.1, 0.15) is 23.6 Å². The van der Waals surface area contributed by atoms with Gasteiger partial charge in [-0.15, -0.1) is 0 Å². The number of hydrogen-bond acceptors (Lipinski definition) is 7. The number of hydrogen-bond donors (Lipinski definition) is 3. The van der Waals surface area contributed by atoms with Gasteiger partial charge >= 0.3 is 0 Å². The van der Waals surface area contributed by atoms with E-state index in [0.717, 1.165) is 30.9 Å². The van der Waals surface area contributed by atoms with E-state index in [1.165, 1.54) is 6.33 Å². The standard InChI is InChI=1S/C19H21ClN6O/c1-2-3-10-27-15-7-5-14(6-8-15)25-18-17(21)19(24-12-23-18)26-16-9-4-13(20)11-22-16/h4-9,11-12H,2-3,10,21H2,1H3,(H2,22,23,24,25,26). The summed E-state index contributed by atoms with van der Waals surface area (Å²) >= 11 is 5.85.